The molecule has 0 N–H and O–H groups in total. The third-order valence-corrected chi connectivity index (χ3v) is 7.35. The maximum atomic E-state index is 13.2. The van der Waals surface area contributed by atoms with Crippen molar-refractivity contribution in [2.75, 3.05) is 26.7 Å². The fourth-order valence-corrected chi connectivity index (χ4v) is 6.12. The second-order valence-electron chi connectivity index (χ2n) is 6.17. The Balaban J connectivity index is 1.76. The van der Waals surface area contributed by atoms with Crippen molar-refractivity contribution in [1.82, 2.24) is 18.0 Å². The molecular weight excluding hydrogens is 320 g/mol. The van der Waals surface area contributed by atoms with Crippen LogP contribution < -0.4 is 0 Å². The van der Waals surface area contributed by atoms with Crippen molar-refractivity contribution in [3.05, 3.63) is 18.2 Å². The van der Waals surface area contributed by atoms with Crippen LogP contribution in [0, 0.1) is 5.92 Å². The van der Waals surface area contributed by atoms with Crippen molar-refractivity contribution in [1.29, 1.82) is 0 Å². The maximum Gasteiger partial charge on any atom is 0.245 e. The summed E-state index contributed by atoms with van der Waals surface area (Å²) in [6.07, 6.45) is 2.04. The van der Waals surface area contributed by atoms with Gasteiger partial charge in [-0.3, -0.25) is 0 Å². The van der Waals surface area contributed by atoms with Crippen molar-refractivity contribution >= 4 is 32.8 Å². The quantitative estimate of drug-likeness (QED) is 0.828. The van der Waals surface area contributed by atoms with E-state index in [4.69, 9.17) is 0 Å². The van der Waals surface area contributed by atoms with Gasteiger partial charge in [0, 0.05) is 19.1 Å². The predicted octanol–water partition coefficient (Wildman–Crippen LogP) is 1.41. The van der Waals surface area contributed by atoms with Gasteiger partial charge in [0.25, 0.3) is 0 Å². The number of benzene rings is 1. The summed E-state index contributed by atoms with van der Waals surface area (Å²) in [7, 11) is -1.46. The van der Waals surface area contributed by atoms with E-state index >= 15 is 0 Å². The smallest absolute Gasteiger partial charge is 0.245 e. The third kappa shape index (κ3) is 2.17. The van der Waals surface area contributed by atoms with Crippen LogP contribution in [-0.2, 0) is 10.0 Å². The van der Waals surface area contributed by atoms with Gasteiger partial charge in [0.2, 0.25) is 10.0 Å². The molecule has 2 atom stereocenters. The van der Waals surface area contributed by atoms with Gasteiger partial charge in [-0.15, -0.1) is 0 Å². The van der Waals surface area contributed by atoms with Crippen LogP contribution in [0.25, 0.3) is 11.0 Å². The van der Waals surface area contributed by atoms with Gasteiger partial charge < -0.3 is 4.90 Å². The van der Waals surface area contributed by atoms with Crippen molar-refractivity contribution in [3.63, 3.8) is 0 Å². The molecule has 0 spiro atoms. The predicted molar refractivity (Wildman–Crippen MR) is 85.3 cm³/mol. The molecule has 8 heteroatoms. The largest absolute Gasteiger partial charge is 0.305 e. The highest BCUT2D eigenvalue weighted by Crippen LogP contribution is 2.36. The number of fused-ring (bicyclic) bond motifs is 2. The standard InChI is InChI=1S/C14H18N4O2S2/c1-17-7-5-10-6-8-18(12(10)9-17)22(19,20)13-4-2-3-11-14(13)16-21-15-11/h2-4,10,12H,5-9H2,1H3/t10-,12-/m1/s1. The Kier molecular flexibility index (Phi) is 3.44. The van der Waals surface area contributed by atoms with Gasteiger partial charge in [-0.2, -0.15) is 13.1 Å². The number of likely N-dealkylation sites (tertiary alicyclic amines) is 1. The lowest BCUT2D eigenvalue weighted by molar-refractivity contribution is 0.165. The van der Waals surface area contributed by atoms with E-state index < -0.39 is 10.0 Å². The highest BCUT2D eigenvalue weighted by Gasteiger charge is 2.44. The Labute approximate surface area is 134 Å². The molecule has 6 nitrogen and oxygen atoms in total. The summed E-state index contributed by atoms with van der Waals surface area (Å²) in [6, 6.07) is 5.29. The molecule has 2 aliphatic rings. The topological polar surface area (TPSA) is 66.4 Å². The zero-order valence-corrected chi connectivity index (χ0v) is 14.0. The average molecular weight is 338 g/mol. The molecule has 1 aromatic heterocycles. The lowest BCUT2D eigenvalue weighted by Gasteiger charge is -2.36. The Bertz CT molecular complexity index is 804. The summed E-state index contributed by atoms with van der Waals surface area (Å²) >= 11 is 1.06. The van der Waals surface area contributed by atoms with E-state index in [1.807, 2.05) is 0 Å². The van der Waals surface area contributed by atoms with E-state index in [9.17, 15) is 8.42 Å². The molecule has 0 bridgehead atoms. The first-order valence-corrected chi connectivity index (χ1v) is 9.66. The van der Waals surface area contributed by atoms with Crippen LogP contribution in [0.15, 0.2) is 23.1 Å². The minimum absolute atomic E-state index is 0.0885. The summed E-state index contributed by atoms with van der Waals surface area (Å²) in [4.78, 5) is 2.52. The number of aromatic nitrogens is 2. The van der Waals surface area contributed by atoms with Crippen molar-refractivity contribution in [3.8, 4) is 0 Å². The van der Waals surface area contributed by atoms with Crippen LogP contribution in [0.2, 0.25) is 0 Å². The third-order valence-electron chi connectivity index (χ3n) is 4.85. The van der Waals surface area contributed by atoms with Crippen LogP contribution in [0.1, 0.15) is 12.8 Å². The zero-order chi connectivity index (χ0) is 15.3. The second kappa shape index (κ2) is 5.23. The van der Waals surface area contributed by atoms with E-state index in [0.29, 0.717) is 28.4 Å². The van der Waals surface area contributed by atoms with Gasteiger partial charge in [0.1, 0.15) is 15.9 Å². The van der Waals surface area contributed by atoms with Crippen molar-refractivity contribution < 1.29 is 8.42 Å². The van der Waals surface area contributed by atoms with Gasteiger partial charge in [-0.05, 0) is 44.5 Å². The summed E-state index contributed by atoms with van der Waals surface area (Å²) in [5.74, 6) is 0.485. The molecule has 0 radical (unpaired) electrons. The van der Waals surface area contributed by atoms with Gasteiger partial charge in [-0.1, -0.05) is 6.07 Å². The first kappa shape index (κ1) is 14.5. The molecule has 2 aromatic rings. The SMILES string of the molecule is CN1CC[C@@H]2CCN(S(=O)(=O)c3cccc4nsnc34)[C@@H]2C1. The van der Waals surface area contributed by atoms with Gasteiger partial charge in [-0.25, -0.2) is 8.42 Å². The van der Waals surface area contributed by atoms with E-state index in [-0.39, 0.29) is 6.04 Å². The molecule has 4 rings (SSSR count). The number of nitrogens with zero attached hydrogens (tertiary/aromatic N) is 4. The van der Waals surface area contributed by atoms with Crippen LogP contribution in [0.5, 0.6) is 0 Å². The van der Waals surface area contributed by atoms with Crippen LogP contribution >= 0.6 is 11.7 Å². The van der Waals surface area contributed by atoms with Gasteiger partial charge >= 0.3 is 0 Å². The first-order chi connectivity index (χ1) is 10.6. The Morgan fingerprint density at radius 1 is 1.23 bits per heavy atom. The molecule has 0 unspecified atom stereocenters. The Morgan fingerprint density at radius 2 is 2.05 bits per heavy atom. The lowest BCUT2D eigenvalue weighted by Crippen LogP contribution is -2.48. The molecule has 2 aliphatic heterocycles. The van der Waals surface area contributed by atoms with Gasteiger partial charge in [0.05, 0.1) is 11.7 Å². The zero-order valence-electron chi connectivity index (χ0n) is 12.3. The van der Waals surface area contributed by atoms with E-state index in [0.717, 1.165) is 37.7 Å². The van der Waals surface area contributed by atoms with E-state index in [1.165, 1.54) is 0 Å². The van der Waals surface area contributed by atoms with Gasteiger partial charge in [0.15, 0.2) is 0 Å². The minimum Gasteiger partial charge on any atom is -0.305 e. The Morgan fingerprint density at radius 3 is 2.91 bits per heavy atom. The number of rotatable bonds is 2. The molecule has 0 amide bonds. The average Bonchev–Trinajstić information content (AvgIpc) is 3.12. The normalized spacial score (nSPS) is 27.3. The highest BCUT2D eigenvalue weighted by atomic mass is 32.2. The minimum atomic E-state index is -3.52. The molecule has 1 aromatic carbocycles. The molecular formula is C14H18N4O2S2. The van der Waals surface area contributed by atoms with E-state index in [2.05, 4.69) is 20.7 Å². The van der Waals surface area contributed by atoms with Crippen molar-refractivity contribution in [2.24, 2.45) is 5.92 Å². The fourth-order valence-electron chi connectivity index (χ4n) is 3.67. The monoisotopic (exact) mass is 338 g/mol. The second-order valence-corrected chi connectivity index (χ2v) is 8.56. The van der Waals surface area contributed by atoms with E-state index in [1.54, 1.807) is 22.5 Å². The Hall–Kier alpha value is -1.09. The summed E-state index contributed by atoms with van der Waals surface area (Å²) in [5, 5.41) is 0. The molecule has 22 heavy (non-hydrogen) atoms. The van der Waals surface area contributed by atoms with Crippen molar-refractivity contribution in [2.45, 2.75) is 23.8 Å². The molecule has 0 saturated carbocycles. The number of hydrogen-bond acceptors (Lipinski definition) is 6. The summed E-state index contributed by atoms with van der Waals surface area (Å²) in [6.45, 7) is 2.48. The van der Waals surface area contributed by atoms with Crippen LogP contribution in [-0.4, -0.2) is 59.1 Å². The molecule has 0 aliphatic carbocycles. The first-order valence-electron chi connectivity index (χ1n) is 7.49. The summed E-state index contributed by atoms with van der Waals surface area (Å²) in [5.41, 5.74) is 1.16. The van der Waals surface area contributed by atoms with Crippen LogP contribution in [0.3, 0.4) is 0 Å². The molecule has 3 heterocycles. The highest BCUT2D eigenvalue weighted by molar-refractivity contribution is 7.89. The molecule has 2 fully saturated rings. The van der Waals surface area contributed by atoms with Crippen LogP contribution in [0.4, 0.5) is 0 Å². The maximum absolute atomic E-state index is 13.2. The summed E-state index contributed by atoms with van der Waals surface area (Å²) < 4.78 is 36.3. The number of piperidine rings is 1. The number of sulfonamides is 1. The lowest BCUT2D eigenvalue weighted by atomic mass is 9.93. The molecule has 2 saturated heterocycles. The number of hydrogen-bond donors (Lipinski definition) is 0. The number of likely N-dealkylation sites (N-methyl/N-ethyl adjacent to an activating group) is 1. The fraction of sp³-hybridized carbons (Fsp3) is 0.571. The molecule has 118 valence electrons.